The largest absolute Gasteiger partial charge is 0.421 e. The number of rotatable bonds is 3. The van der Waals surface area contributed by atoms with Gasteiger partial charge in [0.15, 0.2) is 5.60 Å². The van der Waals surface area contributed by atoms with Gasteiger partial charge in [-0.3, -0.25) is 0 Å². The second-order valence-corrected chi connectivity index (χ2v) is 5.46. The number of aromatic nitrogens is 2. The van der Waals surface area contributed by atoms with Crippen molar-refractivity contribution in [2.75, 3.05) is 5.32 Å². The summed E-state index contributed by atoms with van der Waals surface area (Å²) >= 11 is 11.2. The maximum Gasteiger partial charge on any atom is 0.421 e. The van der Waals surface area contributed by atoms with E-state index in [2.05, 4.69) is 15.3 Å². The molecule has 0 amide bonds. The van der Waals surface area contributed by atoms with Crippen LogP contribution in [0, 0.1) is 5.82 Å². The molecule has 23 heavy (non-hydrogen) atoms. The Morgan fingerprint density at radius 1 is 1.22 bits per heavy atom. The first kappa shape index (κ1) is 17.7. The summed E-state index contributed by atoms with van der Waals surface area (Å²) in [6.07, 6.45) is -3.77. The van der Waals surface area contributed by atoms with Crippen LogP contribution in [0.5, 0.6) is 0 Å². The zero-order chi connectivity index (χ0) is 17.4. The number of hydrogen-bond donors (Lipinski definition) is 2. The Hall–Kier alpha value is -1.64. The molecule has 0 radical (unpaired) electrons. The highest BCUT2D eigenvalue weighted by Gasteiger charge is 2.52. The van der Waals surface area contributed by atoms with E-state index in [1.807, 2.05) is 0 Å². The highest BCUT2D eigenvalue weighted by Crippen LogP contribution is 2.43. The van der Waals surface area contributed by atoms with Gasteiger partial charge in [0.1, 0.15) is 11.6 Å². The first-order valence-corrected chi connectivity index (χ1v) is 6.82. The van der Waals surface area contributed by atoms with Crippen LogP contribution in [0.25, 0.3) is 0 Å². The van der Waals surface area contributed by atoms with Crippen molar-refractivity contribution in [2.24, 2.45) is 0 Å². The SMILES string of the molecule is CC(O)(c1cc(F)c(Cl)cc1Nc1ccnc(Cl)n1)C(F)(F)F. The number of nitrogens with zero attached hydrogens (tertiary/aromatic N) is 2. The summed E-state index contributed by atoms with van der Waals surface area (Å²) in [5, 5.41) is 11.8. The summed E-state index contributed by atoms with van der Waals surface area (Å²) in [6.45, 7) is 0.508. The van der Waals surface area contributed by atoms with Crippen molar-refractivity contribution >= 4 is 34.7 Å². The van der Waals surface area contributed by atoms with Gasteiger partial charge in [-0.2, -0.15) is 13.2 Å². The molecule has 0 aliphatic rings. The molecule has 2 N–H and O–H groups in total. The van der Waals surface area contributed by atoms with Crippen LogP contribution in [-0.2, 0) is 5.60 Å². The summed E-state index contributed by atoms with van der Waals surface area (Å²) in [5.74, 6) is -1.05. The zero-order valence-corrected chi connectivity index (χ0v) is 12.9. The summed E-state index contributed by atoms with van der Waals surface area (Å²) in [4.78, 5) is 7.37. The molecular weight excluding hydrogens is 361 g/mol. The van der Waals surface area contributed by atoms with E-state index < -0.39 is 28.2 Å². The van der Waals surface area contributed by atoms with Crippen molar-refractivity contribution in [2.45, 2.75) is 18.7 Å². The highest BCUT2D eigenvalue weighted by molar-refractivity contribution is 6.31. The monoisotopic (exact) mass is 369 g/mol. The Morgan fingerprint density at radius 3 is 2.43 bits per heavy atom. The van der Waals surface area contributed by atoms with Gasteiger partial charge >= 0.3 is 6.18 Å². The van der Waals surface area contributed by atoms with Crippen molar-refractivity contribution in [1.82, 2.24) is 9.97 Å². The van der Waals surface area contributed by atoms with Gasteiger partial charge in [0.05, 0.1) is 5.02 Å². The van der Waals surface area contributed by atoms with Crippen LogP contribution in [0.15, 0.2) is 24.4 Å². The van der Waals surface area contributed by atoms with Gasteiger partial charge < -0.3 is 10.4 Å². The summed E-state index contributed by atoms with van der Waals surface area (Å²) in [6, 6.07) is 2.76. The Balaban J connectivity index is 2.57. The summed E-state index contributed by atoms with van der Waals surface area (Å²) < 4.78 is 52.8. The number of hydrogen-bond acceptors (Lipinski definition) is 4. The van der Waals surface area contributed by atoms with E-state index in [4.69, 9.17) is 23.2 Å². The number of benzene rings is 1. The average molecular weight is 370 g/mol. The van der Waals surface area contributed by atoms with E-state index in [0.717, 1.165) is 6.07 Å². The first-order valence-electron chi connectivity index (χ1n) is 6.06. The number of anilines is 2. The lowest BCUT2D eigenvalue weighted by Gasteiger charge is -2.29. The molecule has 1 unspecified atom stereocenters. The lowest BCUT2D eigenvalue weighted by atomic mass is 9.93. The van der Waals surface area contributed by atoms with Crippen molar-refractivity contribution in [3.8, 4) is 0 Å². The standard InChI is InChI=1S/C13H9Cl2F4N3O/c1-12(23,13(17,18)19)6-4-8(16)7(14)5-9(6)21-10-2-3-20-11(15)22-10/h2-5,23H,1H3,(H,20,21,22). The number of nitrogens with one attached hydrogen (secondary N) is 1. The van der Waals surface area contributed by atoms with Crippen LogP contribution in [0.1, 0.15) is 12.5 Å². The van der Waals surface area contributed by atoms with E-state index in [1.165, 1.54) is 12.3 Å². The van der Waals surface area contributed by atoms with Crippen LogP contribution in [0.4, 0.5) is 29.1 Å². The van der Waals surface area contributed by atoms with Gasteiger partial charge in [0.25, 0.3) is 0 Å². The molecule has 0 spiro atoms. The second kappa shape index (κ2) is 6.10. The highest BCUT2D eigenvalue weighted by atomic mass is 35.5. The molecule has 2 aromatic rings. The van der Waals surface area contributed by atoms with E-state index in [0.29, 0.717) is 13.0 Å². The van der Waals surface area contributed by atoms with Crippen molar-refractivity contribution in [3.05, 3.63) is 46.1 Å². The van der Waals surface area contributed by atoms with E-state index in [-0.39, 0.29) is 16.8 Å². The molecule has 1 aromatic carbocycles. The zero-order valence-electron chi connectivity index (χ0n) is 11.4. The topological polar surface area (TPSA) is 58.0 Å². The Kier molecular flexibility index (Phi) is 4.70. The second-order valence-electron chi connectivity index (χ2n) is 4.72. The molecule has 1 aromatic heterocycles. The molecule has 0 saturated heterocycles. The minimum atomic E-state index is -5.03. The lowest BCUT2D eigenvalue weighted by Crippen LogP contribution is -2.39. The van der Waals surface area contributed by atoms with Crippen molar-refractivity contribution in [1.29, 1.82) is 0 Å². The normalized spacial score (nSPS) is 14.4. The fourth-order valence-electron chi connectivity index (χ4n) is 1.75. The number of alkyl halides is 3. The van der Waals surface area contributed by atoms with Gasteiger partial charge in [-0.25, -0.2) is 14.4 Å². The lowest BCUT2D eigenvalue weighted by molar-refractivity contribution is -0.258. The van der Waals surface area contributed by atoms with Gasteiger partial charge in [-0.1, -0.05) is 11.6 Å². The molecule has 0 aliphatic heterocycles. The van der Waals surface area contributed by atoms with Crippen LogP contribution < -0.4 is 5.32 Å². The first-order chi connectivity index (χ1) is 10.5. The molecule has 0 saturated carbocycles. The molecule has 1 heterocycles. The minimum Gasteiger partial charge on any atom is -0.376 e. The molecule has 124 valence electrons. The Bertz CT molecular complexity index is 738. The van der Waals surface area contributed by atoms with Crippen molar-refractivity contribution < 1.29 is 22.7 Å². The van der Waals surface area contributed by atoms with Crippen molar-refractivity contribution in [3.63, 3.8) is 0 Å². The van der Waals surface area contributed by atoms with E-state index in [1.54, 1.807) is 0 Å². The molecule has 1 atom stereocenters. The quantitative estimate of drug-likeness (QED) is 0.620. The third-order valence-corrected chi connectivity index (χ3v) is 3.50. The van der Waals surface area contributed by atoms with Gasteiger partial charge in [0.2, 0.25) is 5.28 Å². The summed E-state index contributed by atoms with van der Waals surface area (Å²) in [5.41, 5.74) is -4.33. The Morgan fingerprint density at radius 2 is 1.87 bits per heavy atom. The van der Waals surface area contributed by atoms with E-state index >= 15 is 0 Å². The predicted octanol–water partition coefficient (Wildman–Crippen LogP) is 4.44. The van der Waals surface area contributed by atoms with Gasteiger partial charge in [-0.05, 0) is 36.7 Å². The minimum absolute atomic E-state index is 0.0481. The molecule has 4 nitrogen and oxygen atoms in total. The van der Waals surface area contributed by atoms with Gasteiger partial charge in [0, 0.05) is 17.4 Å². The molecule has 2 rings (SSSR count). The summed E-state index contributed by atoms with van der Waals surface area (Å²) in [7, 11) is 0. The van der Waals surface area contributed by atoms with Crippen LogP contribution >= 0.6 is 23.2 Å². The smallest absolute Gasteiger partial charge is 0.376 e. The third kappa shape index (κ3) is 3.65. The van der Waals surface area contributed by atoms with Crippen LogP contribution in [-0.4, -0.2) is 21.3 Å². The predicted molar refractivity (Wildman–Crippen MR) is 77.4 cm³/mol. The van der Waals surface area contributed by atoms with Crippen LogP contribution in [0.3, 0.4) is 0 Å². The average Bonchev–Trinajstić information content (AvgIpc) is 2.41. The molecule has 0 bridgehead atoms. The third-order valence-electron chi connectivity index (χ3n) is 3.03. The Labute approximate surface area is 138 Å². The fraction of sp³-hybridized carbons (Fsp3) is 0.231. The maximum absolute atomic E-state index is 13.6. The fourth-order valence-corrected chi connectivity index (χ4v) is 2.06. The molecule has 0 fully saturated rings. The molecule has 10 heteroatoms. The van der Waals surface area contributed by atoms with E-state index in [9.17, 15) is 22.7 Å². The van der Waals surface area contributed by atoms with Gasteiger partial charge in [-0.15, -0.1) is 0 Å². The molecular formula is C13H9Cl2F4N3O. The van der Waals surface area contributed by atoms with Crippen LogP contribution in [0.2, 0.25) is 10.3 Å². The molecule has 0 aliphatic carbocycles. The number of aliphatic hydroxyl groups is 1. The maximum atomic E-state index is 13.6. The number of halogens is 6.